The Kier molecular flexibility index (Phi) is 13.0. The number of nitrogens with zero attached hydrogens (tertiary/aromatic N) is 1. The molecule has 0 radical (unpaired) electrons. The standard InChI is InChI=1S/C19H31N3O.2ClH/c1-16(13-20-2)19(23)21-14-17-7-9-18(10-8-17)15-22-11-5-3-4-6-12-22;;/h7-10,16,20H,3-6,11-15H2,1-2H3,(H,21,23);2*1H. The molecule has 0 bridgehead atoms. The van der Waals surface area contributed by atoms with Crippen LogP contribution in [0.3, 0.4) is 0 Å². The Hall–Kier alpha value is -0.810. The van der Waals surface area contributed by atoms with Crippen LogP contribution < -0.4 is 10.6 Å². The summed E-state index contributed by atoms with van der Waals surface area (Å²) in [6.07, 6.45) is 5.41. The van der Waals surface area contributed by atoms with E-state index in [9.17, 15) is 4.79 Å². The van der Waals surface area contributed by atoms with Crippen LogP contribution in [0.5, 0.6) is 0 Å². The van der Waals surface area contributed by atoms with Crippen LogP contribution >= 0.6 is 24.8 Å². The van der Waals surface area contributed by atoms with Gasteiger partial charge in [0, 0.05) is 25.6 Å². The molecule has 1 aliphatic heterocycles. The summed E-state index contributed by atoms with van der Waals surface area (Å²) in [4.78, 5) is 14.5. The molecule has 1 aromatic rings. The molecule has 25 heavy (non-hydrogen) atoms. The van der Waals surface area contributed by atoms with Gasteiger partial charge in [-0.2, -0.15) is 0 Å². The van der Waals surface area contributed by atoms with Crippen LogP contribution in [0.1, 0.15) is 43.7 Å². The maximum absolute atomic E-state index is 11.9. The first-order chi connectivity index (χ1) is 11.2. The van der Waals surface area contributed by atoms with Gasteiger partial charge in [-0.1, -0.05) is 44.0 Å². The molecule has 1 amide bonds. The second-order valence-corrected chi connectivity index (χ2v) is 6.68. The van der Waals surface area contributed by atoms with Crippen molar-refractivity contribution in [2.24, 2.45) is 5.92 Å². The van der Waals surface area contributed by atoms with Crippen molar-refractivity contribution in [3.63, 3.8) is 0 Å². The first kappa shape index (κ1) is 24.2. The van der Waals surface area contributed by atoms with Crippen LogP contribution in [-0.2, 0) is 17.9 Å². The van der Waals surface area contributed by atoms with E-state index >= 15 is 0 Å². The maximum Gasteiger partial charge on any atom is 0.224 e. The number of carbonyl (C=O) groups excluding carboxylic acids is 1. The molecule has 2 N–H and O–H groups in total. The Morgan fingerprint density at radius 2 is 1.60 bits per heavy atom. The highest BCUT2D eigenvalue weighted by atomic mass is 35.5. The van der Waals surface area contributed by atoms with Gasteiger partial charge in [-0.3, -0.25) is 9.69 Å². The summed E-state index contributed by atoms with van der Waals surface area (Å²) >= 11 is 0. The second-order valence-electron chi connectivity index (χ2n) is 6.68. The van der Waals surface area contributed by atoms with Gasteiger partial charge >= 0.3 is 0 Å². The van der Waals surface area contributed by atoms with Crippen LogP contribution in [0.2, 0.25) is 0 Å². The molecule has 1 saturated heterocycles. The van der Waals surface area contributed by atoms with Crippen molar-refractivity contribution in [3.8, 4) is 0 Å². The molecule has 1 atom stereocenters. The van der Waals surface area contributed by atoms with E-state index < -0.39 is 0 Å². The minimum Gasteiger partial charge on any atom is -0.352 e. The van der Waals surface area contributed by atoms with Crippen molar-refractivity contribution in [1.82, 2.24) is 15.5 Å². The van der Waals surface area contributed by atoms with Crippen molar-refractivity contribution < 1.29 is 4.79 Å². The normalized spacial score (nSPS) is 16.1. The molecule has 0 spiro atoms. The number of benzene rings is 1. The van der Waals surface area contributed by atoms with E-state index in [-0.39, 0.29) is 36.6 Å². The van der Waals surface area contributed by atoms with Gasteiger partial charge in [0.1, 0.15) is 0 Å². The zero-order chi connectivity index (χ0) is 16.5. The van der Waals surface area contributed by atoms with Gasteiger partial charge in [0.15, 0.2) is 0 Å². The van der Waals surface area contributed by atoms with E-state index in [4.69, 9.17) is 0 Å². The zero-order valence-electron chi connectivity index (χ0n) is 15.4. The highest BCUT2D eigenvalue weighted by Gasteiger charge is 2.11. The average Bonchev–Trinajstić information content (AvgIpc) is 2.83. The molecular weight excluding hydrogens is 357 g/mol. The SMILES string of the molecule is CNCC(C)C(=O)NCc1ccc(CN2CCCCCC2)cc1.Cl.Cl. The van der Waals surface area contributed by atoms with Crippen LogP contribution in [0, 0.1) is 5.92 Å². The van der Waals surface area contributed by atoms with E-state index in [2.05, 4.69) is 39.8 Å². The average molecular weight is 390 g/mol. The molecule has 2 rings (SSSR count). The van der Waals surface area contributed by atoms with Gasteiger partial charge in [-0.15, -0.1) is 24.8 Å². The molecule has 1 unspecified atom stereocenters. The minimum atomic E-state index is 0. The van der Waals surface area contributed by atoms with Gasteiger partial charge < -0.3 is 10.6 Å². The van der Waals surface area contributed by atoms with Crippen LogP contribution in [0.15, 0.2) is 24.3 Å². The smallest absolute Gasteiger partial charge is 0.224 e. The highest BCUT2D eigenvalue weighted by molar-refractivity contribution is 5.85. The summed E-state index contributed by atoms with van der Waals surface area (Å²) < 4.78 is 0. The first-order valence-electron chi connectivity index (χ1n) is 8.91. The van der Waals surface area contributed by atoms with Crippen molar-refractivity contribution >= 4 is 30.7 Å². The molecule has 1 heterocycles. The van der Waals surface area contributed by atoms with Crippen molar-refractivity contribution in [3.05, 3.63) is 35.4 Å². The summed E-state index contributed by atoms with van der Waals surface area (Å²) in [5.74, 6) is 0.107. The number of likely N-dealkylation sites (tertiary alicyclic amines) is 1. The lowest BCUT2D eigenvalue weighted by atomic mass is 10.1. The largest absolute Gasteiger partial charge is 0.352 e. The van der Waals surface area contributed by atoms with Gasteiger partial charge in [0.05, 0.1) is 0 Å². The number of hydrogen-bond acceptors (Lipinski definition) is 3. The fourth-order valence-corrected chi connectivity index (χ4v) is 3.08. The molecule has 1 aromatic carbocycles. The van der Waals surface area contributed by atoms with Crippen LogP contribution in [-0.4, -0.2) is 37.5 Å². The predicted octanol–water partition coefficient (Wildman–Crippen LogP) is 3.38. The third-order valence-electron chi connectivity index (χ3n) is 4.55. The first-order valence-corrected chi connectivity index (χ1v) is 8.91. The maximum atomic E-state index is 11.9. The number of nitrogens with one attached hydrogen (secondary N) is 2. The van der Waals surface area contributed by atoms with Gasteiger partial charge in [-0.05, 0) is 44.1 Å². The van der Waals surface area contributed by atoms with Crippen molar-refractivity contribution in [1.29, 1.82) is 0 Å². The van der Waals surface area contributed by atoms with E-state index in [0.717, 1.165) is 12.1 Å². The molecule has 4 nitrogen and oxygen atoms in total. The predicted molar refractivity (Wildman–Crippen MR) is 110 cm³/mol. The fraction of sp³-hybridized carbons (Fsp3) is 0.632. The Labute approximate surface area is 164 Å². The molecule has 0 aliphatic carbocycles. The zero-order valence-corrected chi connectivity index (χ0v) is 17.1. The fourth-order valence-electron chi connectivity index (χ4n) is 3.08. The Morgan fingerprint density at radius 1 is 1.04 bits per heavy atom. The van der Waals surface area contributed by atoms with Crippen LogP contribution in [0.25, 0.3) is 0 Å². The summed E-state index contributed by atoms with van der Waals surface area (Å²) in [7, 11) is 1.87. The summed E-state index contributed by atoms with van der Waals surface area (Å²) in [5.41, 5.74) is 2.53. The number of rotatable bonds is 7. The molecular formula is C19H33Cl2N3O. The number of amides is 1. The molecule has 1 fully saturated rings. The third kappa shape index (κ3) is 8.91. The quantitative estimate of drug-likeness (QED) is 0.750. The number of halogens is 2. The highest BCUT2D eigenvalue weighted by Crippen LogP contribution is 2.14. The van der Waals surface area contributed by atoms with Crippen LogP contribution in [0.4, 0.5) is 0 Å². The van der Waals surface area contributed by atoms with E-state index in [0.29, 0.717) is 13.1 Å². The monoisotopic (exact) mass is 389 g/mol. The topological polar surface area (TPSA) is 44.4 Å². The lowest BCUT2D eigenvalue weighted by Gasteiger charge is -2.20. The van der Waals surface area contributed by atoms with Gasteiger partial charge in [-0.25, -0.2) is 0 Å². The molecule has 1 aliphatic rings. The Morgan fingerprint density at radius 3 is 2.16 bits per heavy atom. The summed E-state index contributed by atoms with van der Waals surface area (Å²) in [6.45, 7) is 6.75. The Balaban J connectivity index is 0.00000288. The lowest BCUT2D eigenvalue weighted by Crippen LogP contribution is -2.33. The van der Waals surface area contributed by atoms with Gasteiger partial charge in [0.25, 0.3) is 0 Å². The summed E-state index contributed by atoms with van der Waals surface area (Å²) in [6, 6.07) is 8.67. The molecule has 0 saturated carbocycles. The second kappa shape index (κ2) is 13.4. The number of hydrogen-bond donors (Lipinski definition) is 2. The van der Waals surface area contributed by atoms with Crippen molar-refractivity contribution in [2.75, 3.05) is 26.7 Å². The lowest BCUT2D eigenvalue weighted by molar-refractivity contribution is -0.124. The van der Waals surface area contributed by atoms with E-state index in [1.807, 2.05) is 14.0 Å². The Bertz CT molecular complexity index is 474. The van der Waals surface area contributed by atoms with Crippen molar-refractivity contribution in [2.45, 2.75) is 45.7 Å². The summed E-state index contributed by atoms with van der Waals surface area (Å²) in [5, 5.41) is 6.03. The third-order valence-corrected chi connectivity index (χ3v) is 4.55. The van der Waals surface area contributed by atoms with E-state index in [1.165, 1.54) is 44.3 Å². The van der Waals surface area contributed by atoms with E-state index in [1.54, 1.807) is 0 Å². The molecule has 144 valence electrons. The minimum absolute atomic E-state index is 0. The van der Waals surface area contributed by atoms with Gasteiger partial charge in [0.2, 0.25) is 5.91 Å². The molecule has 0 aromatic heterocycles. The molecule has 6 heteroatoms. The number of carbonyl (C=O) groups is 1.